The molecule has 0 spiro atoms. The highest BCUT2D eigenvalue weighted by Gasteiger charge is 2.32. The van der Waals surface area contributed by atoms with E-state index in [1.54, 1.807) is 0 Å². The minimum Gasteiger partial charge on any atom is -0.389 e. The Hall–Kier alpha value is -1.96. The Balaban J connectivity index is 2.28. The Kier molecular flexibility index (Phi) is 3.76. The molecule has 20 heavy (non-hydrogen) atoms. The number of hydrogen-bond acceptors (Lipinski definition) is 2. The van der Waals surface area contributed by atoms with E-state index in [9.17, 15) is 17.6 Å². The molecule has 3 nitrogen and oxygen atoms in total. The molecule has 2 rings (SSSR count). The fourth-order valence-corrected chi connectivity index (χ4v) is 1.75. The number of aromatic nitrogens is 2. The van der Waals surface area contributed by atoms with Gasteiger partial charge in [0.05, 0.1) is 18.3 Å². The van der Waals surface area contributed by atoms with Gasteiger partial charge in [0.1, 0.15) is 10.8 Å². The normalized spacial score (nSPS) is 11.6. The van der Waals surface area contributed by atoms with Gasteiger partial charge in [0, 0.05) is 17.3 Å². The lowest BCUT2D eigenvalue weighted by Gasteiger charge is -2.06. The number of alkyl halides is 3. The molecule has 1 heterocycles. The smallest absolute Gasteiger partial charge is 0.389 e. The molecule has 1 aromatic carbocycles. The third kappa shape index (κ3) is 3.13. The van der Waals surface area contributed by atoms with E-state index < -0.39 is 17.6 Å². The fourth-order valence-electron chi connectivity index (χ4n) is 1.62. The molecular weight excluding hydrogens is 294 g/mol. The molecule has 106 valence electrons. The zero-order chi connectivity index (χ0) is 14.9. The van der Waals surface area contributed by atoms with Crippen LogP contribution >= 0.6 is 12.2 Å². The summed E-state index contributed by atoms with van der Waals surface area (Å²) in [6.07, 6.45) is -2.97. The Morgan fingerprint density at radius 1 is 1.35 bits per heavy atom. The first kappa shape index (κ1) is 14.4. The van der Waals surface area contributed by atoms with Crippen molar-refractivity contribution in [3.63, 3.8) is 0 Å². The summed E-state index contributed by atoms with van der Waals surface area (Å²) < 4.78 is 51.9. The Bertz CT molecular complexity index is 648. The molecule has 0 fully saturated rings. The average Bonchev–Trinajstić information content (AvgIpc) is 2.80. The second-order valence-corrected chi connectivity index (χ2v) is 4.53. The van der Waals surface area contributed by atoms with Crippen molar-refractivity contribution in [3.05, 3.63) is 53.1 Å². The van der Waals surface area contributed by atoms with Gasteiger partial charge in [0.2, 0.25) is 0 Å². The van der Waals surface area contributed by atoms with Crippen LogP contribution in [0.15, 0.2) is 30.6 Å². The number of hydrogen-bond donors (Lipinski definition) is 1. The van der Waals surface area contributed by atoms with Gasteiger partial charge in [-0.2, -0.15) is 18.3 Å². The van der Waals surface area contributed by atoms with Gasteiger partial charge in [-0.05, 0) is 18.2 Å². The van der Waals surface area contributed by atoms with Crippen LogP contribution in [-0.4, -0.2) is 14.8 Å². The summed E-state index contributed by atoms with van der Waals surface area (Å²) in [5, 5.41) is 3.56. The summed E-state index contributed by atoms with van der Waals surface area (Å²) in [4.78, 5) is 0.0858. The molecule has 0 aliphatic carbocycles. The van der Waals surface area contributed by atoms with Crippen LogP contribution in [-0.2, 0) is 12.7 Å². The van der Waals surface area contributed by atoms with E-state index in [1.807, 2.05) is 0 Å². The van der Waals surface area contributed by atoms with Gasteiger partial charge in [-0.25, -0.2) is 4.39 Å². The van der Waals surface area contributed by atoms with Crippen LogP contribution in [0.1, 0.15) is 16.7 Å². The molecular formula is C12H9F4N3S. The van der Waals surface area contributed by atoms with E-state index in [1.165, 1.54) is 12.1 Å². The van der Waals surface area contributed by atoms with Crippen molar-refractivity contribution >= 4 is 17.2 Å². The molecule has 0 bridgehead atoms. The molecule has 0 amide bonds. The molecule has 0 atom stereocenters. The lowest BCUT2D eigenvalue weighted by Crippen LogP contribution is -2.11. The number of thiocarbonyl (C=S) groups is 1. The van der Waals surface area contributed by atoms with Gasteiger partial charge in [0.15, 0.2) is 0 Å². The highest BCUT2D eigenvalue weighted by Crippen LogP contribution is 2.28. The van der Waals surface area contributed by atoms with E-state index in [0.717, 1.165) is 16.9 Å². The van der Waals surface area contributed by atoms with Crippen LogP contribution in [0.2, 0.25) is 0 Å². The van der Waals surface area contributed by atoms with Crippen LogP contribution in [0.25, 0.3) is 0 Å². The predicted molar refractivity (Wildman–Crippen MR) is 68.6 cm³/mol. The molecule has 0 saturated carbocycles. The fraction of sp³-hybridized carbons (Fsp3) is 0.167. The van der Waals surface area contributed by atoms with Crippen LogP contribution in [0, 0.1) is 5.82 Å². The average molecular weight is 303 g/mol. The largest absolute Gasteiger partial charge is 0.419 e. The van der Waals surface area contributed by atoms with Crippen molar-refractivity contribution in [1.82, 2.24) is 9.78 Å². The number of rotatable bonds is 3. The molecule has 0 unspecified atom stereocenters. The quantitative estimate of drug-likeness (QED) is 0.700. The van der Waals surface area contributed by atoms with Crippen LogP contribution in [0.4, 0.5) is 17.6 Å². The third-order valence-electron chi connectivity index (χ3n) is 2.62. The summed E-state index contributed by atoms with van der Waals surface area (Å²) in [6, 6.07) is 3.97. The standard InChI is InChI=1S/C12H9F4N3S/c13-10-2-1-7(11(17)20)3-8(10)5-19-6-9(4-18-19)12(14,15)16/h1-4,6H,5H2,(H2,17,20). The summed E-state index contributed by atoms with van der Waals surface area (Å²) in [5.74, 6) is -0.561. The predicted octanol–water partition coefficient (Wildman–Crippen LogP) is 2.72. The van der Waals surface area contributed by atoms with Gasteiger partial charge < -0.3 is 5.73 Å². The molecule has 2 aromatic rings. The van der Waals surface area contributed by atoms with Crippen molar-refractivity contribution < 1.29 is 17.6 Å². The maximum atomic E-state index is 13.6. The molecule has 8 heteroatoms. The Morgan fingerprint density at radius 3 is 2.60 bits per heavy atom. The summed E-state index contributed by atoms with van der Waals surface area (Å²) in [6.45, 7) is -0.141. The van der Waals surface area contributed by atoms with Gasteiger partial charge in [-0.3, -0.25) is 4.68 Å². The summed E-state index contributed by atoms with van der Waals surface area (Å²) in [7, 11) is 0. The van der Waals surface area contributed by atoms with E-state index in [-0.39, 0.29) is 17.1 Å². The SMILES string of the molecule is NC(=S)c1ccc(F)c(Cn2cc(C(F)(F)F)cn2)c1. The minimum atomic E-state index is -4.47. The highest BCUT2D eigenvalue weighted by atomic mass is 32.1. The van der Waals surface area contributed by atoms with Crippen molar-refractivity contribution in [1.29, 1.82) is 0 Å². The molecule has 0 aliphatic rings. The van der Waals surface area contributed by atoms with E-state index in [0.29, 0.717) is 11.8 Å². The third-order valence-corrected chi connectivity index (χ3v) is 2.86. The van der Waals surface area contributed by atoms with E-state index in [4.69, 9.17) is 18.0 Å². The Labute approximate surface area is 117 Å². The van der Waals surface area contributed by atoms with Crippen molar-refractivity contribution in [2.45, 2.75) is 12.7 Å². The molecule has 2 N–H and O–H groups in total. The highest BCUT2D eigenvalue weighted by molar-refractivity contribution is 7.80. The Morgan fingerprint density at radius 2 is 2.05 bits per heavy atom. The molecule has 1 aromatic heterocycles. The zero-order valence-electron chi connectivity index (χ0n) is 9.99. The first-order valence-corrected chi connectivity index (χ1v) is 5.86. The van der Waals surface area contributed by atoms with Gasteiger partial charge in [-0.1, -0.05) is 12.2 Å². The second kappa shape index (κ2) is 5.20. The number of nitrogens with zero attached hydrogens (tertiary/aromatic N) is 2. The first-order valence-electron chi connectivity index (χ1n) is 5.45. The summed E-state index contributed by atoms with van der Waals surface area (Å²) >= 11 is 4.77. The molecule has 0 aliphatic heterocycles. The maximum absolute atomic E-state index is 13.6. The van der Waals surface area contributed by atoms with Crippen LogP contribution < -0.4 is 5.73 Å². The first-order chi connectivity index (χ1) is 9.27. The number of nitrogens with two attached hydrogens (primary N) is 1. The molecule has 0 radical (unpaired) electrons. The van der Waals surface area contributed by atoms with Gasteiger partial charge in [-0.15, -0.1) is 0 Å². The zero-order valence-corrected chi connectivity index (χ0v) is 10.8. The van der Waals surface area contributed by atoms with Gasteiger partial charge in [0.25, 0.3) is 0 Å². The van der Waals surface area contributed by atoms with Gasteiger partial charge >= 0.3 is 6.18 Å². The minimum absolute atomic E-state index is 0.0858. The topological polar surface area (TPSA) is 43.8 Å². The van der Waals surface area contributed by atoms with E-state index in [2.05, 4.69) is 5.10 Å². The lowest BCUT2D eigenvalue weighted by atomic mass is 10.1. The maximum Gasteiger partial charge on any atom is 0.419 e. The van der Waals surface area contributed by atoms with Crippen LogP contribution in [0.3, 0.4) is 0 Å². The van der Waals surface area contributed by atoms with Crippen molar-refractivity contribution in [2.24, 2.45) is 5.73 Å². The second-order valence-electron chi connectivity index (χ2n) is 4.09. The van der Waals surface area contributed by atoms with Crippen molar-refractivity contribution in [2.75, 3.05) is 0 Å². The summed E-state index contributed by atoms with van der Waals surface area (Å²) in [5.41, 5.74) is 5.14. The van der Waals surface area contributed by atoms with Crippen molar-refractivity contribution in [3.8, 4) is 0 Å². The van der Waals surface area contributed by atoms with Crippen LogP contribution in [0.5, 0.6) is 0 Å². The number of benzene rings is 1. The number of halogens is 4. The monoisotopic (exact) mass is 303 g/mol. The van der Waals surface area contributed by atoms with E-state index >= 15 is 0 Å². The molecule has 0 saturated heterocycles. The lowest BCUT2D eigenvalue weighted by molar-refractivity contribution is -0.137.